The Morgan fingerprint density at radius 1 is 1.42 bits per heavy atom. The lowest BCUT2D eigenvalue weighted by atomic mass is 10.1. The van der Waals surface area contributed by atoms with Gasteiger partial charge in [0.15, 0.2) is 0 Å². The number of aromatic amines is 1. The molecule has 0 fully saturated rings. The minimum absolute atomic E-state index is 0.0878. The number of aromatic nitrogens is 2. The van der Waals surface area contributed by atoms with Crippen LogP contribution in [0, 0.1) is 0 Å². The fourth-order valence-corrected chi connectivity index (χ4v) is 1.95. The highest BCUT2D eigenvalue weighted by atomic mass is 16.4. The second-order valence-electron chi connectivity index (χ2n) is 4.46. The van der Waals surface area contributed by atoms with Crippen molar-refractivity contribution in [3.05, 3.63) is 30.0 Å². The third-order valence-corrected chi connectivity index (χ3v) is 2.77. The quantitative estimate of drug-likeness (QED) is 0.750. The number of carbonyl (C=O) groups is 2. The van der Waals surface area contributed by atoms with E-state index in [2.05, 4.69) is 15.5 Å². The molecule has 19 heavy (non-hydrogen) atoms. The van der Waals surface area contributed by atoms with Gasteiger partial charge in [-0.2, -0.15) is 5.10 Å². The van der Waals surface area contributed by atoms with Crippen molar-refractivity contribution in [2.75, 3.05) is 0 Å². The lowest BCUT2D eigenvalue weighted by Gasteiger charge is -2.10. The molecule has 0 aliphatic rings. The van der Waals surface area contributed by atoms with Crippen LogP contribution in [-0.2, 0) is 16.0 Å². The minimum atomic E-state index is -0.931. The summed E-state index contributed by atoms with van der Waals surface area (Å²) in [6.07, 6.45) is 0.0694. The fourth-order valence-electron chi connectivity index (χ4n) is 1.95. The number of carboxylic acids is 1. The Morgan fingerprint density at radius 2 is 2.16 bits per heavy atom. The molecule has 1 atom stereocenters. The van der Waals surface area contributed by atoms with Crippen LogP contribution in [0.4, 0.5) is 0 Å². The molecule has 0 spiro atoms. The largest absolute Gasteiger partial charge is 0.481 e. The summed E-state index contributed by atoms with van der Waals surface area (Å²) in [6.45, 7) is 1.66. The van der Waals surface area contributed by atoms with Crippen LogP contribution in [0.2, 0.25) is 0 Å². The molecule has 1 aromatic heterocycles. The number of carbonyl (C=O) groups excluding carboxylic acids is 1. The number of nitrogens with one attached hydrogen (secondary N) is 2. The van der Waals surface area contributed by atoms with Gasteiger partial charge in [0.25, 0.3) is 0 Å². The Labute approximate surface area is 109 Å². The van der Waals surface area contributed by atoms with Gasteiger partial charge in [-0.15, -0.1) is 0 Å². The molecule has 6 nitrogen and oxygen atoms in total. The van der Waals surface area contributed by atoms with Crippen LogP contribution in [0.3, 0.4) is 0 Å². The van der Waals surface area contributed by atoms with Crippen LogP contribution in [0.25, 0.3) is 10.9 Å². The normalized spacial score (nSPS) is 12.3. The number of hydrogen-bond acceptors (Lipinski definition) is 3. The standard InChI is InChI=1S/C13H15N3O3/c1-8(6-13(18)19)14-12(17)7-11-9-4-2-3-5-10(9)15-16-11/h2-5,8H,6-7H2,1H3,(H,14,17)(H,15,16)(H,18,19). The second-order valence-corrected chi connectivity index (χ2v) is 4.46. The molecule has 100 valence electrons. The van der Waals surface area contributed by atoms with Crippen molar-refractivity contribution in [1.29, 1.82) is 0 Å². The van der Waals surface area contributed by atoms with Gasteiger partial charge in [0.05, 0.1) is 24.1 Å². The van der Waals surface area contributed by atoms with Crippen LogP contribution < -0.4 is 5.32 Å². The Hall–Kier alpha value is -2.37. The van der Waals surface area contributed by atoms with Crippen molar-refractivity contribution in [1.82, 2.24) is 15.5 Å². The van der Waals surface area contributed by atoms with Gasteiger partial charge < -0.3 is 10.4 Å². The summed E-state index contributed by atoms with van der Waals surface area (Å²) in [5.74, 6) is -1.15. The molecule has 0 aliphatic carbocycles. The topological polar surface area (TPSA) is 95.1 Å². The highest BCUT2D eigenvalue weighted by molar-refractivity contribution is 5.87. The Morgan fingerprint density at radius 3 is 2.89 bits per heavy atom. The molecule has 1 amide bonds. The summed E-state index contributed by atoms with van der Waals surface area (Å²) in [5.41, 5.74) is 1.54. The lowest BCUT2D eigenvalue weighted by Crippen LogP contribution is -2.35. The van der Waals surface area contributed by atoms with E-state index in [9.17, 15) is 9.59 Å². The summed E-state index contributed by atoms with van der Waals surface area (Å²) in [7, 11) is 0. The zero-order chi connectivity index (χ0) is 13.8. The number of fused-ring (bicyclic) bond motifs is 1. The average Bonchev–Trinajstić information content (AvgIpc) is 2.71. The second kappa shape index (κ2) is 5.51. The summed E-state index contributed by atoms with van der Waals surface area (Å²) >= 11 is 0. The number of aliphatic carboxylic acids is 1. The summed E-state index contributed by atoms with van der Waals surface area (Å²) in [5, 5.41) is 19.1. The molecule has 6 heteroatoms. The van der Waals surface area contributed by atoms with E-state index in [1.54, 1.807) is 6.92 Å². The van der Waals surface area contributed by atoms with E-state index >= 15 is 0 Å². The van der Waals surface area contributed by atoms with Gasteiger partial charge in [-0.25, -0.2) is 0 Å². The number of para-hydroxylation sites is 1. The SMILES string of the molecule is CC(CC(=O)O)NC(=O)Cc1[nH]nc2ccccc12. The molecule has 2 rings (SSSR count). The van der Waals surface area contributed by atoms with Gasteiger partial charge in [0, 0.05) is 11.4 Å². The fraction of sp³-hybridized carbons (Fsp3) is 0.308. The van der Waals surface area contributed by atoms with E-state index < -0.39 is 5.97 Å². The summed E-state index contributed by atoms with van der Waals surface area (Å²) in [4.78, 5) is 22.3. The molecule has 0 radical (unpaired) electrons. The van der Waals surface area contributed by atoms with E-state index in [4.69, 9.17) is 5.11 Å². The number of amides is 1. The van der Waals surface area contributed by atoms with Crippen molar-refractivity contribution in [2.24, 2.45) is 0 Å². The number of hydrogen-bond donors (Lipinski definition) is 3. The number of rotatable bonds is 5. The van der Waals surface area contributed by atoms with E-state index in [1.165, 1.54) is 0 Å². The third kappa shape index (κ3) is 3.31. The first kappa shape index (κ1) is 13.1. The molecule has 0 saturated heterocycles. The maximum absolute atomic E-state index is 11.8. The molecule has 1 unspecified atom stereocenters. The van der Waals surface area contributed by atoms with Gasteiger partial charge in [0.2, 0.25) is 5.91 Å². The summed E-state index contributed by atoms with van der Waals surface area (Å²) < 4.78 is 0. The van der Waals surface area contributed by atoms with Gasteiger partial charge in [0.1, 0.15) is 0 Å². The molecule has 2 aromatic rings. The monoisotopic (exact) mass is 261 g/mol. The van der Waals surface area contributed by atoms with E-state index in [0.717, 1.165) is 16.6 Å². The predicted octanol–water partition coefficient (Wildman–Crippen LogP) is 1.08. The molecule has 1 aromatic carbocycles. The van der Waals surface area contributed by atoms with Gasteiger partial charge >= 0.3 is 5.97 Å². The zero-order valence-electron chi connectivity index (χ0n) is 10.5. The van der Waals surface area contributed by atoms with E-state index in [-0.39, 0.29) is 24.8 Å². The molecule has 1 heterocycles. The number of H-pyrrole nitrogens is 1. The first-order valence-electron chi connectivity index (χ1n) is 5.99. The Kier molecular flexibility index (Phi) is 3.79. The highest BCUT2D eigenvalue weighted by Crippen LogP contribution is 2.15. The van der Waals surface area contributed by atoms with Gasteiger partial charge in [-0.05, 0) is 13.0 Å². The van der Waals surface area contributed by atoms with Gasteiger partial charge in [-0.3, -0.25) is 14.7 Å². The Balaban J connectivity index is 2.01. The summed E-state index contributed by atoms with van der Waals surface area (Å²) in [6, 6.07) is 7.12. The van der Waals surface area contributed by atoms with Crippen LogP contribution in [0.5, 0.6) is 0 Å². The Bertz CT molecular complexity index is 606. The van der Waals surface area contributed by atoms with Crippen LogP contribution >= 0.6 is 0 Å². The molecular formula is C13H15N3O3. The van der Waals surface area contributed by atoms with Crippen molar-refractivity contribution < 1.29 is 14.7 Å². The number of nitrogens with zero attached hydrogens (tertiary/aromatic N) is 1. The van der Waals surface area contributed by atoms with Gasteiger partial charge in [-0.1, -0.05) is 18.2 Å². The highest BCUT2D eigenvalue weighted by Gasteiger charge is 2.13. The van der Waals surface area contributed by atoms with Crippen LogP contribution in [0.1, 0.15) is 19.0 Å². The number of carboxylic acid groups (broad SMARTS) is 1. The lowest BCUT2D eigenvalue weighted by molar-refractivity contribution is -0.137. The number of benzene rings is 1. The average molecular weight is 261 g/mol. The van der Waals surface area contributed by atoms with Crippen LogP contribution in [-0.4, -0.2) is 33.2 Å². The molecule has 0 saturated carbocycles. The van der Waals surface area contributed by atoms with Crippen molar-refractivity contribution in [2.45, 2.75) is 25.8 Å². The van der Waals surface area contributed by atoms with Crippen molar-refractivity contribution in [3.8, 4) is 0 Å². The first-order valence-corrected chi connectivity index (χ1v) is 5.99. The maximum atomic E-state index is 11.8. The molecule has 0 bridgehead atoms. The minimum Gasteiger partial charge on any atom is -0.481 e. The van der Waals surface area contributed by atoms with Crippen molar-refractivity contribution >= 4 is 22.8 Å². The van der Waals surface area contributed by atoms with Crippen molar-refractivity contribution in [3.63, 3.8) is 0 Å². The zero-order valence-corrected chi connectivity index (χ0v) is 10.5. The third-order valence-electron chi connectivity index (χ3n) is 2.77. The predicted molar refractivity (Wildman–Crippen MR) is 69.7 cm³/mol. The maximum Gasteiger partial charge on any atom is 0.305 e. The van der Waals surface area contributed by atoms with E-state index in [1.807, 2.05) is 24.3 Å². The molecule has 3 N–H and O–H groups in total. The first-order chi connectivity index (χ1) is 9.06. The van der Waals surface area contributed by atoms with Crippen LogP contribution in [0.15, 0.2) is 24.3 Å². The molecule has 0 aliphatic heterocycles. The molecular weight excluding hydrogens is 246 g/mol. The smallest absolute Gasteiger partial charge is 0.305 e. The van der Waals surface area contributed by atoms with E-state index in [0.29, 0.717) is 0 Å².